The molecule has 0 fully saturated rings. The molecule has 0 aliphatic rings. The lowest BCUT2D eigenvalue weighted by Gasteiger charge is -2.18. The summed E-state index contributed by atoms with van der Waals surface area (Å²) in [6, 6.07) is 0. The van der Waals surface area contributed by atoms with Gasteiger partial charge in [0.2, 0.25) is 0 Å². The highest BCUT2D eigenvalue weighted by molar-refractivity contribution is 5.71. The van der Waals surface area contributed by atoms with Crippen molar-refractivity contribution in [3.8, 4) is 0 Å². The summed E-state index contributed by atoms with van der Waals surface area (Å²) >= 11 is 0. The molecule has 0 aliphatic heterocycles. The van der Waals surface area contributed by atoms with Gasteiger partial charge in [0.1, 0.15) is 13.2 Å². The molecule has 0 saturated carbocycles. The van der Waals surface area contributed by atoms with Crippen LogP contribution in [-0.2, 0) is 28.6 Å². The maximum atomic E-state index is 12.9. The molecule has 0 aromatic rings. The van der Waals surface area contributed by atoms with Gasteiger partial charge in [-0.05, 0) is 70.6 Å². The molecule has 0 rings (SSSR count). The summed E-state index contributed by atoms with van der Waals surface area (Å²) in [6.45, 7) is 6.68. The molecule has 0 bridgehead atoms. The third-order valence-electron chi connectivity index (χ3n) is 13.7. The molecule has 6 nitrogen and oxygen atoms in total. The minimum atomic E-state index is -0.772. The summed E-state index contributed by atoms with van der Waals surface area (Å²) < 4.78 is 16.9. The molecule has 6 heteroatoms. The Hall–Kier alpha value is -2.11. The van der Waals surface area contributed by atoms with E-state index >= 15 is 0 Å². The number of hydrogen-bond donors (Lipinski definition) is 0. The summed E-state index contributed by atoms with van der Waals surface area (Å²) in [5, 5.41) is 0. The fourth-order valence-electron chi connectivity index (χ4n) is 9.08. The number of carbonyl (C=O) groups excluding carboxylic acids is 3. The molecule has 400 valence electrons. The summed E-state index contributed by atoms with van der Waals surface area (Å²) in [6.07, 6.45) is 67.4. The van der Waals surface area contributed by atoms with E-state index in [1.54, 1.807) is 0 Å². The van der Waals surface area contributed by atoms with Crippen LogP contribution in [0.25, 0.3) is 0 Å². The molecule has 0 aromatic carbocycles. The molecule has 0 N–H and O–H groups in total. The molecular weight excluding hydrogens is 841 g/mol. The van der Waals surface area contributed by atoms with E-state index in [4.69, 9.17) is 14.2 Å². The Kier molecular flexibility index (Phi) is 55.7. The number of hydrogen-bond acceptors (Lipinski definition) is 6. The predicted molar refractivity (Wildman–Crippen MR) is 293 cm³/mol. The standard InChI is InChI=1S/C62H116O6/c1-4-7-10-13-16-19-22-25-28-30-32-34-37-40-43-46-49-52-55-61(64)67-58-59(57-66-60(63)54-51-48-45-42-39-36-27-24-21-18-15-12-9-6-3)68-62(65)56-53-50-47-44-41-38-35-33-31-29-26-23-20-17-14-11-8-5-2/h28-31,59H,4-27,32-58H2,1-3H3/b30-28-,31-29-. The molecular formula is C62H116O6. The highest BCUT2D eigenvalue weighted by Crippen LogP contribution is 2.17. The lowest BCUT2D eigenvalue weighted by molar-refractivity contribution is -0.167. The molecule has 0 spiro atoms. The van der Waals surface area contributed by atoms with E-state index in [9.17, 15) is 14.4 Å². The van der Waals surface area contributed by atoms with Crippen molar-refractivity contribution in [1.82, 2.24) is 0 Å². The van der Waals surface area contributed by atoms with E-state index in [1.165, 1.54) is 238 Å². The summed E-state index contributed by atoms with van der Waals surface area (Å²) in [7, 11) is 0. The Morgan fingerprint density at radius 2 is 0.485 bits per heavy atom. The highest BCUT2D eigenvalue weighted by atomic mass is 16.6. The molecule has 0 aromatic heterocycles. The van der Waals surface area contributed by atoms with E-state index < -0.39 is 6.10 Å². The zero-order valence-corrected chi connectivity index (χ0v) is 45.9. The van der Waals surface area contributed by atoms with Crippen molar-refractivity contribution < 1.29 is 28.6 Å². The van der Waals surface area contributed by atoms with Crippen molar-refractivity contribution in [3.05, 3.63) is 24.3 Å². The van der Waals surface area contributed by atoms with E-state index in [0.717, 1.165) is 57.8 Å². The van der Waals surface area contributed by atoms with Crippen LogP contribution in [0.5, 0.6) is 0 Å². The molecule has 0 amide bonds. The second-order valence-corrected chi connectivity index (χ2v) is 20.6. The van der Waals surface area contributed by atoms with Crippen molar-refractivity contribution in [2.75, 3.05) is 13.2 Å². The van der Waals surface area contributed by atoms with Gasteiger partial charge < -0.3 is 14.2 Å². The molecule has 0 heterocycles. The quantitative estimate of drug-likeness (QED) is 0.0262. The first-order valence-electron chi connectivity index (χ1n) is 30.3. The molecule has 0 aliphatic carbocycles. The molecule has 68 heavy (non-hydrogen) atoms. The molecule has 0 radical (unpaired) electrons. The van der Waals surface area contributed by atoms with Gasteiger partial charge in [0.15, 0.2) is 6.10 Å². The van der Waals surface area contributed by atoms with Gasteiger partial charge in [-0.3, -0.25) is 14.4 Å². The van der Waals surface area contributed by atoms with Gasteiger partial charge in [0.05, 0.1) is 0 Å². The molecule has 1 atom stereocenters. The Morgan fingerprint density at radius 1 is 0.279 bits per heavy atom. The maximum Gasteiger partial charge on any atom is 0.306 e. The Balaban J connectivity index is 4.33. The van der Waals surface area contributed by atoms with Crippen LogP contribution in [0.15, 0.2) is 24.3 Å². The number of unbranched alkanes of at least 4 members (excludes halogenated alkanes) is 41. The summed E-state index contributed by atoms with van der Waals surface area (Å²) in [5.41, 5.74) is 0. The average molecular weight is 958 g/mol. The Labute approximate surface area is 423 Å². The van der Waals surface area contributed by atoms with Gasteiger partial charge in [0.25, 0.3) is 0 Å². The molecule has 1 unspecified atom stereocenters. The van der Waals surface area contributed by atoms with E-state index in [0.29, 0.717) is 19.3 Å². The van der Waals surface area contributed by atoms with Gasteiger partial charge in [-0.15, -0.1) is 0 Å². The second-order valence-electron chi connectivity index (χ2n) is 20.6. The topological polar surface area (TPSA) is 78.9 Å². The van der Waals surface area contributed by atoms with Crippen molar-refractivity contribution >= 4 is 17.9 Å². The first-order chi connectivity index (χ1) is 33.5. The smallest absolute Gasteiger partial charge is 0.306 e. The third kappa shape index (κ3) is 54.8. The summed E-state index contributed by atoms with van der Waals surface area (Å²) in [4.78, 5) is 38.2. The van der Waals surface area contributed by atoms with Gasteiger partial charge in [-0.25, -0.2) is 0 Å². The average Bonchev–Trinajstić information content (AvgIpc) is 3.34. The highest BCUT2D eigenvalue weighted by Gasteiger charge is 2.19. The van der Waals surface area contributed by atoms with Crippen LogP contribution in [-0.4, -0.2) is 37.2 Å². The minimum absolute atomic E-state index is 0.0697. The zero-order valence-electron chi connectivity index (χ0n) is 45.9. The fourth-order valence-corrected chi connectivity index (χ4v) is 9.08. The van der Waals surface area contributed by atoms with Crippen LogP contribution in [0.1, 0.15) is 335 Å². The number of ether oxygens (including phenoxy) is 3. The SMILES string of the molecule is CCCCCCCCC/C=C\CCCCCCCCCC(=O)OCC(COC(=O)CCCCCCCCCCCCCCCC)OC(=O)CCCCCCCCC/C=C\CCCCCCCCC. The number of carbonyl (C=O) groups is 3. The first-order valence-corrected chi connectivity index (χ1v) is 30.3. The van der Waals surface area contributed by atoms with Crippen molar-refractivity contribution in [2.24, 2.45) is 0 Å². The van der Waals surface area contributed by atoms with Crippen LogP contribution in [0.4, 0.5) is 0 Å². The van der Waals surface area contributed by atoms with E-state index in [1.807, 2.05) is 0 Å². The number of esters is 3. The zero-order chi connectivity index (χ0) is 49.3. The maximum absolute atomic E-state index is 12.9. The Morgan fingerprint density at radius 3 is 0.735 bits per heavy atom. The van der Waals surface area contributed by atoms with Gasteiger partial charge in [-0.1, -0.05) is 270 Å². The van der Waals surface area contributed by atoms with Gasteiger partial charge >= 0.3 is 17.9 Å². The lowest BCUT2D eigenvalue weighted by Crippen LogP contribution is -2.30. The monoisotopic (exact) mass is 957 g/mol. The lowest BCUT2D eigenvalue weighted by atomic mass is 10.0. The van der Waals surface area contributed by atoms with E-state index in [2.05, 4.69) is 45.1 Å². The third-order valence-corrected chi connectivity index (χ3v) is 13.7. The Bertz CT molecular complexity index is 1100. The normalized spacial score (nSPS) is 12.1. The largest absolute Gasteiger partial charge is 0.462 e. The predicted octanol–water partition coefficient (Wildman–Crippen LogP) is 20.3. The van der Waals surface area contributed by atoms with Crippen molar-refractivity contribution in [3.63, 3.8) is 0 Å². The first kappa shape index (κ1) is 65.9. The van der Waals surface area contributed by atoms with Gasteiger partial charge in [0, 0.05) is 19.3 Å². The minimum Gasteiger partial charge on any atom is -0.462 e. The van der Waals surface area contributed by atoms with Gasteiger partial charge in [-0.2, -0.15) is 0 Å². The van der Waals surface area contributed by atoms with Crippen LogP contribution < -0.4 is 0 Å². The van der Waals surface area contributed by atoms with E-state index in [-0.39, 0.29) is 31.1 Å². The van der Waals surface area contributed by atoms with Crippen LogP contribution in [0, 0.1) is 0 Å². The number of rotatable bonds is 56. The number of allylic oxidation sites excluding steroid dienone is 4. The fraction of sp³-hybridized carbons (Fsp3) is 0.887. The van der Waals surface area contributed by atoms with Crippen molar-refractivity contribution in [2.45, 2.75) is 341 Å². The van der Waals surface area contributed by atoms with Crippen LogP contribution >= 0.6 is 0 Å². The van der Waals surface area contributed by atoms with Crippen LogP contribution in [0.3, 0.4) is 0 Å². The van der Waals surface area contributed by atoms with Crippen LogP contribution in [0.2, 0.25) is 0 Å². The second kappa shape index (κ2) is 57.5. The summed E-state index contributed by atoms with van der Waals surface area (Å²) in [5.74, 6) is -0.856. The molecule has 0 saturated heterocycles. The van der Waals surface area contributed by atoms with Crippen molar-refractivity contribution in [1.29, 1.82) is 0 Å².